The van der Waals surface area contributed by atoms with E-state index in [4.69, 9.17) is 28.2 Å². The molecule has 4 heteroatoms. The molecule has 0 amide bonds. The molecule has 2 nitrogen and oxygen atoms in total. The number of halogens is 2. The predicted octanol–water partition coefficient (Wildman–Crippen LogP) is 5.66. The maximum absolute atomic E-state index is 6.29. The van der Waals surface area contributed by atoms with Crippen molar-refractivity contribution in [2.24, 2.45) is 0 Å². The SMILES string of the molecule is CCCNc1nc2c(Cl)ccc(Cl)c2cc1C(C)(C)C. The molecule has 1 aromatic carbocycles. The number of aromatic nitrogens is 1. The van der Waals surface area contributed by atoms with Crippen LogP contribution in [-0.2, 0) is 5.41 Å². The van der Waals surface area contributed by atoms with Crippen LogP contribution in [0.4, 0.5) is 5.82 Å². The van der Waals surface area contributed by atoms with Gasteiger partial charge in [-0.15, -0.1) is 0 Å². The second kappa shape index (κ2) is 5.79. The molecule has 1 heterocycles. The maximum atomic E-state index is 6.29. The van der Waals surface area contributed by atoms with E-state index in [1.54, 1.807) is 6.07 Å². The van der Waals surface area contributed by atoms with E-state index in [2.05, 4.69) is 39.1 Å². The van der Waals surface area contributed by atoms with E-state index >= 15 is 0 Å². The van der Waals surface area contributed by atoms with E-state index in [0.29, 0.717) is 10.0 Å². The lowest BCUT2D eigenvalue weighted by molar-refractivity contribution is 0.590. The highest BCUT2D eigenvalue weighted by atomic mass is 35.5. The Kier molecular flexibility index (Phi) is 4.46. The van der Waals surface area contributed by atoms with Crippen molar-refractivity contribution in [3.8, 4) is 0 Å². The van der Waals surface area contributed by atoms with Crippen LogP contribution in [0.15, 0.2) is 18.2 Å². The Labute approximate surface area is 130 Å². The number of rotatable bonds is 3. The lowest BCUT2D eigenvalue weighted by Crippen LogP contribution is -2.16. The number of hydrogen-bond donors (Lipinski definition) is 1. The number of hydrogen-bond acceptors (Lipinski definition) is 2. The number of nitrogens with zero attached hydrogens (tertiary/aromatic N) is 1. The molecule has 0 aliphatic carbocycles. The van der Waals surface area contributed by atoms with Gasteiger partial charge in [-0.3, -0.25) is 0 Å². The standard InChI is InChI=1S/C16H20Cl2N2/c1-5-8-19-15-11(16(2,3)4)9-10-12(17)6-7-13(18)14(10)20-15/h6-7,9H,5,8H2,1-4H3,(H,19,20). The van der Waals surface area contributed by atoms with Gasteiger partial charge in [0.2, 0.25) is 0 Å². The zero-order valence-corrected chi connectivity index (χ0v) is 13.9. The zero-order valence-electron chi connectivity index (χ0n) is 12.3. The summed E-state index contributed by atoms with van der Waals surface area (Å²) >= 11 is 12.5. The Morgan fingerprint density at radius 2 is 1.80 bits per heavy atom. The summed E-state index contributed by atoms with van der Waals surface area (Å²) in [6.45, 7) is 9.54. The van der Waals surface area contributed by atoms with Crippen molar-refractivity contribution in [1.82, 2.24) is 4.98 Å². The van der Waals surface area contributed by atoms with Gasteiger partial charge in [0.25, 0.3) is 0 Å². The smallest absolute Gasteiger partial charge is 0.130 e. The molecule has 2 aromatic rings. The second-order valence-electron chi connectivity index (χ2n) is 5.99. The molecule has 108 valence electrons. The number of pyridine rings is 1. The summed E-state index contributed by atoms with van der Waals surface area (Å²) < 4.78 is 0. The third kappa shape index (κ3) is 3.02. The Morgan fingerprint density at radius 3 is 2.40 bits per heavy atom. The molecule has 1 N–H and O–H groups in total. The summed E-state index contributed by atoms with van der Waals surface area (Å²) in [5.41, 5.74) is 1.90. The van der Waals surface area contributed by atoms with Crippen LogP contribution in [0.5, 0.6) is 0 Å². The molecule has 0 saturated carbocycles. The van der Waals surface area contributed by atoms with Crippen LogP contribution < -0.4 is 5.32 Å². The van der Waals surface area contributed by atoms with Crippen LogP contribution in [0.3, 0.4) is 0 Å². The summed E-state index contributed by atoms with van der Waals surface area (Å²) in [6, 6.07) is 5.72. The lowest BCUT2D eigenvalue weighted by atomic mass is 9.86. The van der Waals surface area contributed by atoms with Crippen molar-refractivity contribution in [2.75, 3.05) is 11.9 Å². The topological polar surface area (TPSA) is 24.9 Å². The third-order valence-corrected chi connectivity index (χ3v) is 3.87. The van der Waals surface area contributed by atoms with Crippen LogP contribution in [0.25, 0.3) is 10.9 Å². The molecule has 0 fully saturated rings. The molecule has 0 spiro atoms. The van der Waals surface area contributed by atoms with Gasteiger partial charge in [0, 0.05) is 17.5 Å². The molecular weight excluding hydrogens is 291 g/mol. The number of anilines is 1. The quantitative estimate of drug-likeness (QED) is 0.791. The third-order valence-electron chi connectivity index (χ3n) is 3.23. The first-order valence-electron chi connectivity index (χ1n) is 6.87. The fourth-order valence-electron chi connectivity index (χ4n) is 2.14. The molecule has 2 rings (SSSR count). The van der Waals surface area contributed by atoms with E-state index in [1.165, 1.54) is 0 Å². The number of fused-ring (bicyclic) bond motifs is 1. The van der Waals surface area contributed by atoms with Crippen LogP contribution in [0, 0.1) is 0 Å². The van der Waals surface area contributed by atoms with Gasteiger partial charge in [-0.25, -0.2) is 4.98 Å². The van der Waals surface area contributed by atoms with Crippen LogP contribution in [-0.4, -0.2) is 11.5 Å². The molecule has 1 aromatic heterocycles. The summed E-state index contributed by atoms with van der Waals surface area (Å²) in [4.78, 5) is 4.71. The minimum Gasteiger partial charge on any atom is -0.370 e. The van der Waals surface area contributed by atoms with E-state index in [1.807, 2.05) is 6.07 Å². The summed E-state index contributed by atoms with van der Waals surface area (Å²) in [5.74, 6) is 0.899. The largest absolute Gasteiger partial charge is 0.370 e. The average Bonchev–Trinajstić information content (AvgIpc) is 2.39. The number of benzene rings is 1. The van der Waals surface area contributed by atoms with Crippen LogP contribution in [0.2, 0.25) is 10.0 Å². The van der Waals surface area contributed by atoms with Gasteiger partial charge >= 0.3 is 0 Å². The van der Waals surface area contributed by atoms with Gasteiger partial charge in [0.1, 0.15) is 5.82 Å². The van der Waals surface area contributed by atoms with Gasteiger partial charge in [-0.2, -0.15) is 0 Å². The molecule has 0 bridgehead atoms. The molecule has 20 heavy (non-hydrogen) atoms. The molecule has 0 atom stereocenters. The summed E-state index contributed by atoms with van der Waals surface area (Å²) in [7, 11) is 0. The monoisotopic (exact) mass is 310 g/mol. The molecule has 0 radical (unpaired) electrons. The fourth-order valence-corrected chi connectivity index (χ4v) is 2.56. The van der Waals surface area contributed by atoms with Crippen molar-refractivity contribution in [1.29, 1.82) is 0 Å². The van der Waals surface area contributed by atoms with E-state index < -0.39 is 0 Å². The first-order valence-corrected chi connectivity index (χ1v) is 7.63. The number of nitrogens with one attached hydrogen (secondary N) is 1. The molecule has 0 unspecified atom stereocenters. The van der Waals surface area contributed by atoms with Crippen LogP contribution >= 0.6 is 23.2 Å². The Balaban J connectivity index is 2.71. The minimum absolute atomic E-state index is 0.0110. The highest BCUT2D eigenvalue weighted by Crippen LogP contribution is 2.36. The van der Waals surface area contributed by atoms with Crippen molar-refractivity contribution < 1.29 is 0 Å². The fraction of sp³-hybridized carbons (Fsp3) is 0.438. The van der Waals surface area contributed by atoms with Crippen molar-refractivity contribution in [2.45, 2.75) is 39.5 Å². The van der Waals surface area contributed by atoms with E-state index in [9.17, 15) is 0 Å². The van der Waals surface area contributed by atoms with Gasteiger partial charge in [-0.05, 0) is 30.0 Å². The van der Waals surface area contributed by atoms with Gasteiger partial charge in [0.05, 0.1) is 15.6 Å². The second-order valence-corrected chi connectivity index (χ2v) is 6.80. The van der Waals surface area contributed by atoms with Crippen LogP contribution in [0.1, 0.15) is 39.7 Å². The van der Waals surface area contributed by atoms with Crippen molar-refractivity contribution in [3.05, 3.63) is 33.8 Å². The highest BCUT2D eigenvalue weighted by molar-refractivity contribution is 6.39. The molecular formula is C16H20Cl2N2. The maximum Gasteiger partial charge on any atom is 0.130 e. The van der Waals surface area contributed by atoms with Gasteiger partial charge in [0.15, 0.2) is 0 Å². The predicted molar refractivity (Wildman–Crippen MR) is 89.2 cm³/mol. The van der Waals surface area contributed by atoms with Crippen molar-refractivity contribution >= 4 is 39.9 Å². The van der Waals surface area contributed by atoms with E-state index in [0.717, 1.165) is 35.2 Å². The Hall–Kier alpha value is -0.990. The van der Waals surface area contributed by atoms with Gasteiger partial charge in [-0.1, -0.05) is 50.9 Å². The lowest BCUT2D eigenvalue weighted by Gasteiger charge is -2.23. The van der Waals surface area contributed by atoms with Crippen molar-refractivity contribution in [3.63, 3.8) is 0 Å². The molecule has 0 aliphatic rings. The highest BCUT2D eigenvalue weighted by Gasteiger charge is 2.21. The molecule has 0 saturated heterocycles. The average molecular weight is 311 g/mol. The van der Waals surface area contributed by atoms with Gasteiger partial charge < -0.3 is 5.32 Å². The first-order chi connectivity index (χ1) is 9.34. The molecule has 0 aliphatic heterocycles. The minimum atomic E-state index is -0.0110. The summed E-state index contributed by atoms with van der Waals surface area (Å²) in [6.07, 6.45) is 1.05. The summed E-state index contributed by atoms with van der Waals surface area (Å²) in [5, 5.41) is 5.62. The Morgan fingerprint density at radius 1 is 1.15 bits per heavy atom. The first kappa shape index (κ1) is 15.4. The zero-order chi connectivity index (χ0) is 14.9. The normalized spacial score (nSPS) is 11.9. The van der Waals surface area contributed by atoms with E-state index in [-0.39, 0.29) is 5.41 Å². The Bertz CT molecular complexity index is 630.